The third kappa shape index (κ3) is 9.67. The number of rotatable bonds is 16. The second-order valence-electron chi connectivity index (χ2n) is 9.98. The molecule has 0 unspecified atom stereocenters. The van der Waals surface area contributed by atoms with Crippen LogP contribution in [-0.4, -0.2) is 74.9 Å². The number of benzene rings is 2. The number of carbonyl (C=O) groups excluding carboxylic acids is 4. The van der Waals surface area contributed by atoms with Crippen molar-refractivity contribution < 1.29 is 39.0 Å². The number of H-pyrrole nitrogens is 1. The molecule has 4 atom stereocenters. The van der Waals surface area contributed by atoms with Crippen LogP contribution >= 0.6 is 0 Å². The molecular weight excluding hydrogens is 560 g/mol. The molecule has 0 bridgehead atoms. The van der Waals surface area contributed by atoms with Crippen LogP contribution in [0, 0.1) is 0 Å². The second-order valence-corrected chi connectivity index (χ2v) is 9.98. The highest BCUT2D eigenvalue weighted by Gasteiger charge is 2.31. The van der Waals surface area contributed by atoms with Gasteiger partial charge in [0, 0.05) is 29.9 Å². The molecule has 0 saturated carbocycles. The van der Waals surface area contributed by atoms with Gasteiger partial charge in [-0.3, -0.25) is 24.0 Å². The fourth-order valence-corrected chi connectivity index (χ4v) is 4.45. The fraction of sp³-hybridized carbons (Fsp3) is 0.310. The van der Waals surface area contributed by atoms with E-state index in [1.165, 1.54) is 0 Å². The first-order valence-electron chi connectivity index (χ1n) is 13.4. The van der Waals surface area contributed by atoms with E-state index in [0.29, 0.717) is 5.56 Å². The molecular formula is C29H34N6O8. The topological polar surface area (TPSA) is 247 Å². The molecule has 43 heavy (non-hydrogen) atoms. The van der Waals surface area contributed by atoms with E-state index in [0.717, 1.165) is 16.5 Å². The Kier molecular flexibility index (Phi) is 11.3. The SMILES string of the molecule is NC(=O)C[C@H](NC(=O)[C@@H](N)Cc1c[nH]c2ccccc12)C(=O)N[C@@H](CCC(=O)O)C(=O)N[C@@H](Cc1ccccc1)C(=O)O. The van der Waals surface area contributed by atoms with Crippen molar-refractivity contribution in [2.24, 2.45) is 11.5 Å². The first kappa shape index (κ1) is 32.3. The molecule has 3 rings (SSSR count). The summed E-state index contributed by atoms with van der Waals surface area (Å²) in [4.78, 5) is 77.0. The molecule has 1 aromatic heterocycles. The Bertz CT molecular complexity index is 1470. The van der Waals surface area contributed by atoms with Gasteiger partial charge in [-0.25, -0.2) is 4.79 Å². The number of aromatic nitrogens is 1. The highest BCUT2D eigenvalue weighted by Crippen LogP contribution is 2.19. The van der Waals surface area contributed by atoms with E-state index >= 15 is 0 Å². The largest absolute Gasteiger partial charge is 0.481 e. The van der Waals surface area contributed by atoms with E-state index in [1.807, 2.05) is 24.3 Å². The Morgan fingerprint density at radius 2 is 1.37 bits per heavy atom. The maximum absolute atomic E-state index is 13.2. The van der Waals surface area contributed by atoms with Gasteiger partial charge in [-0.1, -0.05) is 48.5 Å². The van der Waals surface area contributed by atoms with Crippen molar-refractivity contribution in [3.05, 3.63) is 71.9 Å². The van der Waals surface area contributed by atoms with E-state index in [4.69, 9.17) is 16.6 Å². The Hall–Kier alpha value is -5.24. The average Bonchev–Trinajstić information content (AvgIpc) is 3.37. The number of nitrogens with one attached hydrogen (secondary N) is 4. The molecule has 14 heteroatoms. The predicted octanol–water partition coefficient (Wildman–Crippen LogP) is -0.440. The van der Waals surface area contributed by atoms with Crippen molar-refractivity contribution in [1.29, 1.82) is 0 Å². The summed E-state index contributed by atoms with van der Waals surface area (Å²) in [5, 5.41) is 26.7. The van der Waals surface area contributed by atoms with Crippen LogP contribution in [0.25, 0.3) is 10.9 Å². The third-order valence-electron chi connectivity index (χ3n) is 6.67. The molecule has 0 fully saturated rings. The minimum absolute atomic E-state index is 0.0732. The molecule has 14 nitrogen and oxygen atoms in total. The van der Waals surface area contributed by atoms with Crippen molar-refractivity contribution in [1.82, 2.24) is 20.9 Å². The zero-order chi connectivity index (χ0) is 31.5. The summed E-state index contributed by atoms with van der Waals surface area (Å²) in [6.45, 7) is 0. The molecule has 0 saturated heterocycles. The molecule has 2 aromatic carbocycles. The molecule has 228 valence electrons. The lowest BCUT2D eigenvalue weighted by atomic mass is 10.0. The lowest BCUT2D eigenvalue weighted by Gasteiger charge is -2.24. The van der Waals surface area contributed by atoms with E-state index in [1.54, 1.807) is 36.5 Å². The van der Waals surface area contributed by atoms with Crippen LogP contribution in [0.3, 0.4) is 0 Å². The maximum atomic E-state index is 13.2. The summed E-state index contributed by atoms with van der Waals surface area (Å²) in [7, 11) is 0. The van der Waals surface area contributed by atoms with Gasteiger partial charge in [0.15, 0.2) is 0 Å². The number of carbonyl (C=O) groups is 6. The summed E-state index contributed by atoms with van der Waals surface area (Å²) in [5.74, 6) is -6.29. The average molecular weight is 595 g/mol. The van der Waals surface area contributed by atoms with Gasteiger partial charge in [0.25, 0.3) is 0 Å². The molecule has 10 N–H and O–H groups in total. The zero-order valence-electron chi connectivity index (χ0n) is 23.1. The quantitative estimate of drug-likeness (QED) is 0.107. The number of carboxylic acids is 2. The standard InChI is InChI=1S/C29H34N6O8/c30-19(13-17-15-32-20-9-5-4-8-18(17)20)26(39)34-22(14-24(31)36)28(41)33-21(10-11-25(37)38)27(40)35-23(29(42)43)12-16-6-2-1-3-7-16/h1-9,15,19,21-23,32H,10-14,30H2,(H2,31,36)(H,33,41)(H,34,39)(H,35,40)(H,37,38)(H,42,43)/t19-,21-,22-,23-/m0/s1. The van der Waals surface area contributed by atoms with Gasteiger partial charge < -0.3 is 42.6 Å². The summed E-state index contributed by atoms with van der Waals surface area (Å²) in [6, 6.07) is 10.3. The van der Waals surface area contributed by atoms with Gasteiger partial charge >= 0.3 is 11.9 Å². The summed E-state index contributed by atoms with van der Waals surface area (Å²) < 4.78 is 0. The lowest BCUT2D eigenvalue weighted by molar-refractivity contribution is -0.143. The monoisotopic (exact) mass is 594 g/mol. The van der Waals surface area contributed by atoms with Crippen LogP contribution < -0.4 is 27.4 Å². The molecule has 1 heterocycles. The predicted molar refractivity (Wildman–Crippen MR) is 154 cm³/mol. The van der Waals surface area contributed by atoms with Crippen LogP contribution in [0.5, 0.6) is 0 Å². The highest BCUT2D eigenvalue weighted by molar-refractivity contribution is 5.96. The van der Waals surface area contributed by atoms with Gasteiger partial charge in [-0.05, 0) is 30.0 Å². The number of hydrogen-bond acceptors (Lipinski definition) is 7. The molecule has 0 radical (unpaired) electrons. The first-order valence-corrected chi connectivity index (χ1v) is 13.4. The minimum atomic E-state index is -1.54. The molecule has 4 amide bonds. The van der Waals surface area contributed by atoms with Gasteiger partial charge in [0.05, 0.1) is 12.5 Å². The molecule has 0 aliphatic carbocycles. The van der Waals surface area contributed by atoms with Crippen molar-refractivity contribution in [3.8, 4) is 0 Å². The van der Waals surface area contributed by atoms with E-state index in [9.17, 15) is 33.9 Å². The maximum Gasteiger partial charge on any atom is 0.326 e. The van der Waals surface area contributed by atoms with Crippen molar-refractivity contribution in [2.75, 3.05) is 0 Å². The van der Waals surface area contributed by atoms with Crippen LogP contribution in [0.4, 0.5) is 0 Å². The highest BCUT2D eigenvalue weighted by atomic mass is 16.4. The van der Waals surface area contributed by atoms with Gasteiger partial charge in [0.1, 0.15) is 18.1 Å². The molecule has 0 spiro atoms. The summed E-state index contributed by atoms with van der Waals surface area (Å²) in [5.41, 5.74) is 13.6. The summed E-state index contributed by atoms with van der Waals surface area (Å²) >= 11 is 0. The van der Waals surface area contributed by atoms with E-state index < -0.39 is 79.0 Å². The zero-order valence-corrected chi connectivity index (χ0v) is 23.1. The Morgan fingerprint density at radius 1 is 0.767 bits per heavy atom. The van der Waals surface area contributed by atoms with E-state index in [2.05, 4.69) is 20.9 Å². The number of fused-ring (bicyclic) bond motifs is 1. The minimum Gasteiger partial charge on any atom is -0.481 e. The number of para-hydroxylation sites is 1. The molecule has 0 aliphatic rings. The Morgan fingerprint density at radius 3 is 2.02 bits per heavy atom. The number of primary amides is 1. The van der Waals surface area contributed by atoms with Crippen LogP contribution in [0.2, 0.25) is 0 Å². The second kappa shape index (κ2) is 15.1. The number of amides is 4. The fourth-order valence-electron chi connectivity index (χ4n) is 4.45. The number of hydrogen-bond donors (Lipinski definition) is 8. The number of carboxylic acid groups (broad SMARTS) is 2. The van der Waals surface area contributed by atoms with Crippen LogP contribution in [0.1, 0.15) is 30.4 Å². The van der Waals surface area contributed by atoms with Crippen molar-refractivity contribution >= 4 is 46.5 Å². The van der Waals surface area contributed by atoms with Crippen LogP contribution in [-0.2, 0) is 41.6 Å². The first-order chi connectivity index (χ1) is 20.4. The van der Waals surface area contributed by atoms with Gasteiger partial charge in [-0.15, -0.1) is 0 Å². The van der Waals surface area contributed by atoms with Crippen LogP contribution in [0.15, 0.2) is 60.8 Å². The van der Waals surface area contributed by atoms with E-state index in [-0.39, 0.29) is 12.8 Å². The number of aliphatic carboxylic acids is 2. The molecule has 3 aromatic rings. The van der Waals surface area contributed by atoms with Gasteiger partial charge in [0.2, 0.25) is 23.6 Å². The Balaban J connectivity index is 1.71. The normalized spacial score (nSPS) is 13.7. The van der Waals surface area contributed by atoms with Gasteiger partial charge in [-0.2, -0.15) is 0 Å². The Labute approximate surface area is 246 Å². The molecule has 0 aliphatic heterocycles. The number of nitrogens with two attached hydrogens (primary N) is 2. The van der Waals surface area contributed by atoms with Crippen molar-refractivity contribution in [3.63, 3.8) is 0 Å². The summed E-state index contributed by atoms with van der Waals surface area (Å²) in [6.07, 6.45) is 0.146. The number of aromatic amines is 1. The smallest absolute Gasteiger partial charge is 0.326 e. The lowest BCUT2D eigenvalue weighted by Crippen LogP contribution is -2.58. The third-order valence-corrected chi connectivity index (χ3v) is 6.67. The van der Waals surface area contributed by atoms with Crippen molar-refractivity contribution in [2.45, 2.75) is 56.3 Å².